The van der Waals surface area contributed by atoms with Gasteiger partial charge in [-0.05, 0) is 56.3 Å². The quantitative estimate of drug-likeness (QED) is 0.887. The molecular weight excluding hydrogens is 348 g/mol. The molecule has 5 heteroatoms. The second-order valence-corrected chi connectivity index (χ2v) is 8.34. The van der Waals surface area contributed by atoms with Crippen molar-refractivity contribution in [2.24, 2.45) is 5.41 Å². The Morgan fingerprint density at radius 3 is 2.57 bits per heavy atom. The second kappa shape index (κ2) is 7.92. The van der Waals surface area contributed by atoms with E-state index in [0.717, 1.165) is 63.1 Å². The van der Waals surface area contributed by atoms with Crippen LogP contribution in [0.15, 0.2) is 48.7 Å². The molecule has 3 heterocycles. The number of rotatable bonds is 4. The Bertz CT molecular complexity index is 814. The van der Waals surface area contributed by atoms with Crippen molar-refractivity contribution in [3.05, 3.63) is 59.8 Å². The van der Waals surface area contributed by atoms with Crippen molar-refractivity contribution in [1.29, 1.82) is 0 Å². The molecule has 0 aliphatic carbocycles. The smallest absolute Gasteiger partial charge is 0.230 e. The summed E-state index contributed by atoms with van der Waals surface area (Å²) in [5.74, 6) is 0.924. The number of benzene rings is 1. The van der Waals surface area contributed by atoms with Crippen LogP contribution in [0.5, 0.6) is 0 Å². The molecule has 1 atom stereocenters. The first-order chi connectivity index (χ1) is 13.6. The molecular formula is C23H30N4O. The molecule has 2 aliphatic heterocycles. The van der Waals surface area contributed by atoms with E-state index in [1.165, 1.54) is 0 Å². The lowest BCUT2D eigenvalue weighted by molar-refractivity contribution is -0.141. The van der Waals surface area contributed by atoms with E-state index in [9.17, 15) is 4.79 Å². The standard InChI is InChI=1S/C23H30N4O/c1-2-27-17-23(15-20(22(27)28)18-7-4-3-5-8-18)10-13-26(14-11-23)16-19-9-6-12-25-21(19)24/h3-9,12,20H,2,10-11,13-17H2,1H3,(H2,24,25). The summed E-state index contributed by atoms with van der Waals surface area (Å²) in [5, 5.41) is 0. The van der Waals surface area contributed by atoms with Crippen LogP contribution in [0.4, 0.5) is 5.82 Å². The van der Waals surface area contributed by atoms with Crippen LogP contribution in [-0.2, 0) is 11.3 Å². The van der Waals surface area contributed by atoms with E-state index < -0.39 is 0 Å². The van der Waals surface area contributed by atoms with Gasteiger partial charge in [0.1, 0.15) is 5.82 Å². The number of aromatic nitrogens is 1. The van der Waals surface area contributed by atoms with Gasteiger partial charge in [0, 0.05) is 31.4 Å². The van der Waals surface area contributed by atoms with E-state index in [2.05, 4.69) is 39.9 Å². The number of amides is 1. The number of hydrogen-bond acceptors (Lipinski definition) is 4. The lowest BCUT2D eigenvalue weighted by atomic mass is 9.67. The SMILES string of the molecule is CCN1CC2(CCN(Cc3cccnc3N)CC2)CC(c2ccccc2)C1=O. The van der Waals surface area contributed by atoms with Gasteiger partial charge in [0.15, 0.2) is 0 Å². The van der Waals surface area contributed by atoms with Crippen LogP contribution in [-0.4, -0.2) is 46.9 Å². The molecule has 0 saturated carbocycles. The number of likely N-dealkylation sites (tertiary alicyclic amines) is 2. The Kier molecular flexibility index (Phi) is 5.36. The van der Waals surface area contributed by atoms with Gasteiger partial charge in [-0.25, -0.2) is 4.98 Å². The summed E-state index contributed by atoms with van der Waals surface area (Å²) in [4.78, 5) is 21.8. The van der Waals surface area contributed by atoms with E-state index in [1.807, 2.05) is 24.3 Å². The Balaban J connectivity index is 1.47. The highest BCUT2D eigenvalue weighted by molar-refractivity contribution is 5.84. The van der Waals surface area contributed by atoms with Crippen molar-refractivity contribution in [1.82, 2.24) is 14.8 Å². The highest BCUT2D eigenvalue weighted by Crippen LogP contribution is 2.45. The third-order valence-corrected chi connectivity index (χ3v) is 6.59. The predicted molar refractivity (Wildman–Crippen MR) is 112 cm³/mol. The Hall–Kier alpha value is -2.40. The van der Waals surface area contributed by atoms with E-state index in [-0.39, 0.29) is 11.3 Å². The second-order valence-electron chi connectivity index (χ2n) is 8.34. The first kappa shape index (κ1) is 18.9. The maximum absolute atomic E-state index is 13.0. The fraction of sp³-hybridized carbons (Fsp3) is 0.478. The van der Waals surface area contributed by atoms with Crippen LogP contribution < -0.4 is 5.73 Å². The summed E-state index contributed by atoms with van der Waals surface area (Å²) in [6.45, 7) is 6.73. The first-order valence-corrected chi connectivity index (χ1v) is 10.4. The van der Waals surface area contributed by atoms with Crippen molar-refractivity contribution in [3.63, 3.8) is 0 Å². The Labute approximate surface area is 167 Å². The minimum absolute atomic E-state index is 0.00424. The molecule has 2 aliphatic rings. The monoisotopic (exact) mass is 378 g/mol. The largest absolute Gasteiger partial charge is 0.383 e. The number of anilines is 1. The number of hydrogen-bond donors (Lipinski definition) is 1. The molecule has 4 rings (SSSR count). The molecule has 1 amide bonds. The topological polar surface area (TPSA) is 62.5 Å². The molecule has 2 saturated heterocycles. The predicted octanol–water partition coefficient (Wildman–Crippen LogP) is 3.28. The summed E-state index contributed by atoms with van der Waals surface area (Å²) < 4.78 is 0. The third kappa shape index (κ3) is 3.76. The summed E-state index contributed by atoms with van der Waals surface area (Å²) in [6.07, 6.45) is 4.96. The van der Waals surface area contributed by atoms with Crippen LogP contribution in [0, 0.1) is 5.41 Å². The Morgan fingerprint density at radius 1 is 1.14 bits per heavy atom. The highest BCUT2D eigenvalue weighted by Gasteiger charge is 2.45. The van der Waals surface area contributed by atoms with Crippen LogP contribution in [0.3, 0.4) is 0 Å². The number of likely N-dealkylation sites (N-methyl/N-ethyl adjacent to an activating group) is 1. The fourth-order valence-electron chi connectivity index (χ4n) is 4.87. The molecule has 0 bridgehead atoms. The molecule has 1 aromatic carbocycles. The molecule has 0 radical (unpaired) electrons. The van der Waals surface area contributed by atoms with E-state index in [0.29, 0.717) is 11.7 Å². The number of carbonyl (C=O) groups is 1. The van der Waals surface area contributed by atoms with Crippen LogP contribution in [0.25, 0.3) is 0 Å². The van der Waals surface area contributed by atoms with Crippen LogP contribution in [0.1, 0.15) is 43.2 Å². The van der Waals surface area contributed by atoms with E-state index in [4.69, 9.17) is 5.73 Å². The van der Waals surface area contributed by atoms with E-state index >= 15 is 0 Å². The number of nitrogens with zero attached hydrogens (tertiary/aromatic N) is 3. The zero-order valence-corrected chi connectivity index (χ0v) is 16.7. The van der Waals surface area contributed by atoms with Crippen LogP contribution >= 0.6 is 0 Å². The maximum atomic E-state index is 13.0. The summed E-state index contributed by atoms with van der Waals surface area (Å²) in [7, 11) is 0. The van der Waals surface area contributed by atoms with Crippen LogP contribution in [0.2, 0.25) is 0 Å². The van der Waals surface area contributed by atoms with Gasteiger partial charge in [0.2, 0.25) is 5.91 Å². The normalized spacial score (nSPS) is 22.5. The highest BCUT2D eigenvalue weighted by atomic mass is 16.2. The molecule has 2 N–H and O–H groups in total. The zero-order valence-electron chi connectivity index (χ0n) is 16.7. The molecule has 5 nitrogen and oxygen atoms in total. The first-order valence-electron chi connectivity index (χ1n) is 10.4. The average Bonchev–Trinajstić information content (AvgIpc) is 2.74. The minimum atomic E-state index is -0.00424. The van der Waals surface area contributed by atoms with Crippen molar-refractivity contribution in [2.45, 2.75) is 38.6 Å². The number of nitrogen functional groups attached to an aromatic ring is 1. The molecule has 28 heavy (non-hydrogen) atoms. The van der Waals surface area contributed by atoms with Gasteiger partial charge in [0.25, 0.3) is 0 Å². The Morgan fingerprint density at radius 2 is 1.89 bits per heavy atom. The van der Waals surface area contributed by atoms with Gasteiger partial charge >= 0.3 is 0 Å². The third-order valence-electron chi connectivity index (χ3n) is 6.59. The van der Waals surface area contributed by atoms with E-state index in [1.54, 1.807) is 6.20 Å². The van der Waals surface area contributed by atoms with Gasteiger partial charge < -0.3 is 10.6 Å². The molecule has 1 spiro atoms. The molecule has 1 aromatic heterocycles. The number of piperidine rings is 2. The maximum Gasteiger partial charge on any atom is 0.230 e. The van der Waals surface area contributed by atoms with Crippen molar-refractivity contribution >= 4 is 11.7 Å². The number of nitrogens with two attached hydrogens (primary N) is 1. The minimum Gasteiger partial charge on any atom is -0.383 e. The summed E-state index contributed by atoms with van der Waals surface area (Å²) >= 11 is 0. The summed E-state index contributed by atoms with van der Waals surface area (Å²) in [6, 6.07) is 14.3. The molecule has 2 aromatic rings. The lowest BCUT2D eigenvalue weighted by Crippen LogP contribution is -2.53. The average molecular weight is 379 g/mol. The summed E-state index contributed by atoms with van der Waals surface area (Å²) in [5.41, 5.74) is 8.52. The fourth-order valence-corrected chi connectivity index (χ4v) is 4.87. The number of pyridine rings is 1. The lowest BCUT2D eigenvalue weighted by Gasteiger charge is -2.50. The number of carbonyl (C=O) groups excluding carboxylic acids is 1. The van der Waals surface area contributed by atoms with Gasteiger partial charge in [0.05, 0.1) is 5.92 Å². The molecule has 1 unspecified atom stereocenters. The molecule has 148 valence electrons. The zero-order chi connectivity index (χ0) is 19.6. The van der Waals surface area contributed by atoms with Gasteiger partial charge in [-0.1, -0.05) is 36.4 Å². The molecule has 2 fully saturated rings. The van der Waals surface area contributed by atoms with Crippen molar-refractivity contribution in [2.75, 3.05) is 31.9 Å². The van der Waals surface area contributed by atoms with Gasteiger partial charge in [-0.2, -0.15) is 0 Å². The van der Waals surface area contributed by atoms with Crippen molar-refractivity contribution < 1.29 is 4.79 Å². The van der Waals surface area contributed by atoms with Gasteiger partial charge in [-0.15, -0.1) is 0 Å². The van der Waals surface area contributed by atoms with Crippen molar-refractivity contribution in [3.8, 4) is 0 Å². The van der Waals surface area contributed by atoms with Gasteiger partial charge in [-0.3, -0.25) is 9.69 Å².